The topological polar surface area (TPSA) is 76.6 Å². The van der Waals surface area contributed by atoms with Gasteiger partial charge in [0.05, 0.1) is 12.4 Å². The van der Waals surface area contributed by atoms with E-state index in [1.807, 2.05) is 0 Å². The summed E-state index contributed by atoms with van der Waals surface area (Å²) >= 11 is 0. The van der Waals surface area contributed by atoms with Crippen LogP contribution in [-0.4, -0.2) is 25.9 Å². The lowest BCUT2D eigenvalue weighted by atomic mass is 9.69. The summed E-state index contributed by atoms with van der Waals surface area (Å²) in [6.07, 6.45) is -0.858. The predicted octanol–water partition coefficient (Wildman–Crippen LogP) is 3.87. The van der Waals surface area contributed by atoms with Crippen LogP contribution < -0.4 is 4.74 Å². The molecule has 138 valence electrons. The van der Waals surface area contributed by atoms with Crippen LogP contribution in [0.1, 0.15) is 25.1 Å². The van der Waals surface area contributed by atoms with Crippen molar-refractivity contribution < 1.29 is 17.9 Å². The van der Waals surface area contributed by atoms with Crippen molar-refractivity contribution in [3.05, 3.63) is 36.4 Å². The third kappa shape index (κ3) is 2.97. The minimum Gasteiger partial charge on any atom is -0.406 e. The molecule has 0 atom stereocenters. The van der Waals surface area contributed by atoms with E-state index in [1.54, 1.807) is 17.9 Å². The van der Waals surface area contributed by atoms with Crippen LogP contribution >= 0.6 is 0 Å². The van der Waals surface area contributed by atoms with Gasteiger partial charge in [-0.25, -0.2) is 15.0 Å². The maximum atomic E-state index is 12.4. The van der Waals surface area contributed by atoms with Crippen LogP contribution in [-0.2, 0) is 12.5 Å². The zero-order valence-electron chi connectivity index (χ0n) is 14.3. The molecule has 1 aromatic carbocycles. The highest BCUT2D eigenvalue weighted by Crippen LogP contribution is 2.42. The number of rotatable bonds is 3. The molecule has 0 N–H and O–H groups in total. The number of alkyl halides is 3. The molecule has 2 heterocycles. The lowest BCUT2D eigenvalue weighted by Gasteiger charge is -2.33. The molecule has 27 heavy (non-hydrogen) atoms. The van der Waals surface area contributed by atoms with Gasteiger partial charge < -0.3 is 9.30 Å². The number of aromatic nitrogens is 4. The quantitative estimate of drug-likeness (QED) is 0.696. The molecule has 2 aromatic heterocycles. The van der Waals surface area contributed by atoms with E-state index in [0.717, 1.165) is 6.42 Å². The molecule has 0 radical (unpaired) electrons. The van der Waals surface area contributed by atoms with Crippen LogP contribution in [0.3, 0.4) is 0 Å². The number of imidazole rings is 1. The zero-order chi connectivity index (χ0) is 19.2. The first kappa shape index (κ1) is 17.3. The summed E-state index contributed by atoms with van der Waals surface area (Å²) in [6.45, 7) is 0. The zero-order valence-corrected chi connectivity index (χ0v) is 14.3. The number of ether oxygens (including phenoxy) is 1. The summed E-state index contributed by atoms with van der Waals surface area (Å²) in [7, 11) is 1.79. The minimum absolute atomic E-state index is 0.315. The molecule has 1 aliphatic rings. The summed E-state index contributed by atoms with van der Waals surface area (Å²) < 4.78 is 42.7. The van der Waals surface area contributed by atoms with Gasteiger partial charge in [-0.1, -0.05) is 0 Å². The first-order valence-electron chi connectivity index (χ1n) is 8.28. The molecule has 0 aliphatic heterocycles. The largest absolute Gasteiger partial charge is 0.573 e. The van der Waals surface area contributed by atoms with Crippen molar-refractivity contribution in [3.8, 4) is 23.1 Å². The number of hydrogen-bond donors (Lipinski definition) is 0. The van der Waals surface area contributed by atoms with E-state index in [2.05, 4.69) is 25.8 Å². The van der Waals surface area contributed by atoms with Gasteiger partial charge in [0.1, 0.15) is 22.4 Å². The molecular formula is C18H14F3N5O. The first-order chi connectivity index (χ1) is 12.8. The highest BCUT2D eigenvalue weighted by molar-refractivity contribution is 5.87. The second-order valence-electron chi connectivity index (χ2n) is 6.54. The summed E-state index contributed by atoms with van der Waals surface area (Å²) in [5.41, 5.74) is 1.44. The summed E-state index contributed by atoms with van der Waals surface area (Å²) in [5.74, 6) is 0.114. The monoisotopic (exact) mass is 373 g/mol. The average molecular weight is 373 g/mol. The van der Waals surface area contributed by atoms with Gasteiger partial charge in [0.2, 0.25) is 0 Å². The second-order valence-corrected chi connectivity index (χ2v) is 6.54. The number of nitrogens with zero attached hydrogens (tertiary/aromatic N) is 5. The Morgan fingerprint density at radius 1 is 1.19 bits per heavy atom. The van der Waals surface area contributed by atoms with Crippen molar-refractivity contribution in [2.24, 2.45) is 7.05 Å². The number of hydrogen-bond acceptors (Lipinski definition) is 5. The van der Waals surface area contributed by atoms with Crippen molar-refractivity contribution in [1.82, 2.24) is 19.5 Å². The smallest absolute Gasteiger partial charge is 0.406 e. The number of aryl methyl sites for hydroxylation is 1. The lowest BCUT2D eigenvalue weighted by Crippen LogP contribution is -2.34. The van der Waals surface area contributed by atoms with Gasteiger partial charge in [0.15, 0.2) is 11.5 Å². The van der Waals surface area contributed by atoms with Gasteiger partial charge >= 0.3 is 6.36 Å². The molecule has 1 fully saturated rings. The van der Waals surface area contributed by atoms with E-state index in [4.69, 9.17) is 0 Å². The summed E-state index contributed by atoms with van der Waals surface area (Å²) in [5, 5.41) is 9.61. The van der Waals surface area contributed by atoms with Crippen molar-refractivity contribution in [3.63, 3.8) is 0 Å². The Hall–Kier alpha value is -3.15. The van der Waals surface area contributed by atoms with Crippen LogP contribution in [0.5, 0.6) is 5.75 Å². The SMILES string of the molecule is Cn1cnc2c(-c3ccc(OC(F)(F)F)cc3)nc(C3(C#N)CCC3)nc21. The number of nitriles is 1. The molecule has 1 saturated carbocycles. The molecule has 1 aliphatic carbocycles. The lowest BCUT2D eigenvalue weighted by molar-refractivity contribution is -0.274. The fourth-order valence-electron chi connectivity index (χ4n) is 3.15. The Labute approximate surface area is 152 Å². The molecule has 0 bridgehead atoms. The van der Waals surface area contributed by atoms with Crippen LogP contribution in [0.2, 0.25) is 0 Å². The van der Waals surface area contributed by atoms with Gasteiger partial charge in [0, 0.05) is 12.6 Å². The Morgan fingerprint density at radius 3 is 2.44 bits per heavy atom. The molecule has 0 amide bonds. The van der Waals surface area contributed by atoms with Crippen LogP contribution in [0.4, 0.5) is 13.2 Å². The Balaban J connectivity index is 1.82. The third-order valence-corrected chi connectivity index (χ3v) is 4.77. The fourth-order valence-corrected chi connectivity index (χ4v) is 3.15. The highest BCUT2D eigenvalue weighted by Gasteiger charge is 2.42. The molecule has 4 rings (SSSR count). The van der Waals surface area contributed by atoms with E-state index in [1.165, 1.54) is 24.3 Å². The Kier molecular flexibility index (Phi) is 3.80. The van der Waals surface area contributed by atoms with Gasteiger partial charge in [-0.3, -0.25) is 0 Å². The maximum absolute atomic E-state index is 12.4. The number of benzene rings is 1. The Morgan fingerprint density at radius 2 is 1.89 bits per heavy atom. The second kappa shape index (κ2) is 5.94. The first-order valence-corrected chi connectivity index (χ1v) is 8.28. The van der Waals surface area contributed by atoms with Crippen LogP contribution in [0.25, 0.3) is 22.4 Å². The molecule has 0 spiro atoms. The van der Waals surface area contributed by atoms with Crippen molar-refractivity contribution in [1.29, 1.82) is 5.26 Å². The average Bonchev–Trinajstić information content (AvgIpc) is 2.95. The standard InChI is InChI=1S/C18H14F3N5O/c1-26-10-23-14-13(11-3-5-12(6-4-11)27-18(19,20)21)24-16(25-15(14)26)17(9-22)7-2-8-17/h3-6,10H,2,7-8H2,1H3. The molecule has 0 unspecified atom stereocenters. The molecular weight excluding hydrogens is 359 g/mol. The molecule has 6 nitrogen and oxygen atoms in total. The van der Waals surface area contributed by atoms with Gasteiger partial charge in [-0.05, 0) is 43.5 Å². The summed E-state index contributed by atoms with van der Waals surface area (Å²) in [4.78, 5) is 13.4. The molecule has 3 aromatic rings. The van der Waals surface area contributed by atoms with Crippen molar-refractivity contribution in [2.75, 3.05) is 0 Å². The third-order valence-electron chi connectivity index (χ3n) is 4.77. The molecule has 0 saturated heterocycles. The number of halogens is 3. The van der Waals surface area contributed by atoms with E-state index in [9.17, 15) is 18.4 Å². The van der Waals surface area contributed by atoms with E-state index in [-0.39, 0.29) is 5.75 Å². The predicted molar refractivity (Wildman–Crippen MR) is 89.6 cm³/mol. The van der Waals surface area contributed by atoms with Crippen molar-refractivity contribution in [2.45, 2.75) is 31.0 Å². The van der Waals surface area contributed by atoms with E-state index in [0.29, 0.717) is 41.1 Å². The number of fused-ring (bicyclic) bond motifs is 1. The maximum Gasteiger partial charge on any atom is 0.573 e. The summed E-state index contributed by atoms with van der Waals surface area (Å²) in [6, 6.07) is 7.75. The highest BCUT2D eigenvalue weighted by atomic mass is 19.4. The normalized spacial score (nSPS) is 16.0. The minimum atomic E-state index is -4.75. The van der Waals surface area contributed by atoms with E-state index < -0.39 is 11.8 Å². The van der Waals surface area contributed by atoms with Crippen LogP contribution in [0.15, 0.2) is 30.6 Å². The molecule has 9 heteroatoms. The van der Waals surface area contributed by atoms with E-state index >= 15 is 0 Å². The van der Waals surface area contributed by atoms with Crippen molar-refractivity contribution >= 4 is 11.2 Å². The Bertz CT molecular complexity index is 1050. The van der Waals surface area contributed by atoms with Gasteiger partial charge in [-0.2, -0.15) is 5.26 Å². The van der Waals surface area contributed by atoms with Gasteiger partial charge in [0.25, 0.3) is 0 Å². The van der Waals surface area contributed by atoms with Gasteiger partial charge in [-0.15, -0.1) is 13.2 Å². The van der Waals surface area contributed by atoms with Crippen LogP contribution in [0, 0.1) is 11.3 Å². The fraction of sp³-hybridized carbons (Fsp3) is 0.333.